The number of aliphatic hydroxyl groups excluding tert-OH is 1. The summed E-state index contributed by atoms with van der Waals surface area (Å²) in [6, 6.07) is 0. The van der Waals surface area contributed by atoms with Crippen molar-refractivity contribution in [2.75, 3.05) is 33.3 Å². The molecule has 4 heteroatoms. The first-order valence-electron chi connectivity index (χ1n) is 6.28. The highest BCUT2D eigenvalue weighted by molar-refractivity contribution is 5.75. The number of nitrogens with zero attached hydrogens (tertiary/aromatic N) is 1. The van der Waals surface area contributed by atoms with Crippen LogP contribution in [0.25, 0.3) is 0 Å². The monoisotopic (exact) mass is 228 g/mol. The van der Waals surface area contributed by atoms with Crippen LogP contribution in [0, 0.1) is 5.92 Å². The van der Waals surface area contributed by atoms with E-state index in [1.165, 1.54) is 25.9 Å². The molecule has 0 atom stereocenters. The average molecular weight is 228 g/mol. The molecule has 0 aromatic carbocycles. The second-order valence-electron chi connectivity index (χ2n) is 4.71. The summed E-state index contributed by atoms with van der Waals surface area (Å²) in [7, 11) is 2.16. The lowest BCUT2D eigenvalue weighted by molar-refractivity contribution is -0.121. The lowest BCUT2D eigenvalue weighted by Gasteiger charge is -2.28. The van der Waals surface area contributed by atoms with Gasteiger partial charge in [-0.2, -0.15) is 0 Å². The molecule has 0 radical (unpaired) electrons. The van der Waals surface area contributed by atoms with Gasteiger partial charge in [0.25, 0.3) is 0 Å². The van der Waals surface area contributed by atoms with Crippen LogP contribution in [0.5, 0.6) is 0 Å². The van der Waals surface area contributed by atoms with Crippen LogP contribution in [-0.4, -0.2) is 49.2 Å². The third-order valence-corrected chi connectivity index (χ3v) is 3.27. The van der Waals surface area contributed by atoms with Crippen molar-refractivity contribution in [1.82, 2.24) is 10.2 Å². The van der Waals surface area contributed by atoms with Gasteiger partial charge in [-0.15, -0.1) is 0 Å². The van der Waals surface area contributed by atoms with Gasteiger partial charge in [0, 0.05) is 19.6 Å². The maximum absolute atomic E-state index is 11.3. The number of likely N-dealkylation sites (tertiary alicyclic amines) is 1. The zero-order valence-corrected chi connectivity index (χ0v) is 10.2. The van der Waals surface area contributed by atoms with E-state index in [2.05, 4.69) is 17.3 Å². The molecule has 0 bridgehead atoms. The zero-order chi connectivity index (χ0) is 11.8. The van der Waals surface area contributed by atoms with Crippen molar-refractivity contribution in [3.63, 3.8) is 0 Å². The van der Waals surface area contributed by atoms with Crippen molar-refractivity contribution < 1.29 is 9.90 Å². The summed E-state index contributed by atoms with van der Waals surface area (Å²) >= 11 is 0. The Morgan fingerprint density at radius 1 is 1.44 bits per heavy atom. The fourth-order valence-corrected chi connectivity index (χ4v) is 2.09. The van der Waals surface area contributed by atoms with Crippen LogP contribution >= 0.6 is 0 Å². The first-order chi connectivity index (χ1) is 7.72. The molecule has 1 heterocycles. The highest BCUT2D eigenvalue weighted by atomic mass is 16.3. The molecule has 0 unspecified atom stereocenters. The number of rotatable bonds is 6. The van der Waals surface area contributed by atoms with Gasteiger partial charge in [-0.3, -0.25) is 4.79 Å². The highest BCUT2D eigenvalue weighted by Crippen LogP contribution is 2.18. The predicted molar refractivity (Wildman–Crippen MR) is 64.2 cm³/mol. The van der Waals surface area contributed by atoms with Crippen molar-refractivity contribution in [2.24, 2.45) is 5.92 Å². The Balaban J connectivity index is 2.00. The Bertz CT molecular complexity index is 201. The van der Waals surface area contributed by atoms with Gasteiger partial charge >= 0.3 is 0 Å². The number of hydrogen-bond donors (Lipinski definition) is 2. The molecule has 94 valence electrons. The molecule has 1 rings (SSSR count). The van der Waals surface area contributed by atoms with Gasteiger partial charge in [0.05, 0.1) is 0 Å². The van der Waals surface area contributed by atoms with Crippen molar-refractivity contribution in [3.8, 4) is 0 Å². The van der Waals surface area contributed by atoms with Crippen molar-refractivity contribution in [1.29, 1.82) is 0 Å². The van der Waals surface area contributed by atoms with E-state index in [0.717, 1.165) is 18.9 Å². The molecule has 1 saturated heterocycles. The fraction of sp³-hybridized carbons (Fsp3) is 0.917. The summed E-state index contributed by atoms with van der Waals surface area (Å²) in [6.07, 6.45) is 4.62. The third kappa shape index (κ3) is 5.47. The second kappa shape index (κ2) is 7.63. The minimum Gasteiger partial charge on any atom is -0.396 e. The van der Waals surface area contributed by atoms with Crippen molar-refractivity contribution >= 4 is 5.91 Å². The quantitative estimate of drug-likeness (QED) is 0.700. The largest absolute Gasteiger partial charge is 0.396 e. The van der Waals surface area contributed by atoms with E-state index in [4.69, 9.17) is 5.11 Å². The van der Waals surface area contributed by atoms with Gasteiger partial charge in [-0.25, -0.2) is 0 Å². The first-order valence-corrected chi connectivity index (χ1v) is 6.28. The average Bonchev–Trinajstić information content (AvgIpc) is 2.29. The lowest BCUT2D eigenvalue weighted by Crippen LogP contribution is -2.32. The standard InChI is InChI=1S/C12H24N2O2/c1-14-8-5-11(6-9-14)4-7-13-12(16)3-2-10-15/h11,15H,2-10H2,1H3,(H,13,16). The van der Waals surface area contributed by atoms with Gasteiger partial charge in [0.1, 0.15) is 0 Å². The van der Waals surface area contributed by atoms with E-state index in [1.54, 1.807) is 0 Å². The van der Waals surface area contributed by atoms with E-state index >= 15 is 0 Å². The number of hydrogen-bond acceptors (Lipinski definition) is 3. The third-order valence-electron chi connectivity index (χ3n) is 3.27. The number of piperidine rings is 1. The first kappa shape index (κ1) is 13.5. The van der Waals surface area contributed by atoms with E-state index in [0.29, 0.717) is 12.8 Å². The molecular weight excluding hydrogens is 204 g/mol. The summed E-state index contributed by atoms with van der Waals surface area (Å²) in [4.78, 5) is 13.6. The molecule has 0 spiro atoms. The van der Waals surface area contributed by atoms with Gasteiger partial charge in [0.15, 0.2) is 0 Å². The van der Waals surface area contributed by atoms with Gasteiger partial charge in [-0.05, 0) is 51.7 Å². The molecule has 0 aliphatic carbocycles. The van der Waals surface area contributed by atoms with E-state index in [-0.39, 0.29) is 12.5 Å². The summed E-state index contributed by atoms with van der Waals surface area (Å²) < 4.78 is 0. The smallest absolute Gasteiger partial charge is 0.220 e. The van der Waals surface area contributed by atoms with Crippen molar-refractivity contribution in [2.45, 2.75) is 32.1 Å². The van der Waals surface area contributed by atoms with E-state index < -0.39 is 0 Å². The minimum absolute atomic E-state index is 0.0713. The van der Waals surface area contributed by atoms with E-state index in [9.17, 15) is 4.79 Å². The van der Waals surface area contributed by atoms with Gasteiger partial charge in [0.2, 0.25) is 5.91 Å². The molecule has 0 aromatic heterocycles. The van der Waals surface area contributed by atoms with E-state index in [1.807, 2.05) is 0 Å². The molecule has 1 amide bonds. The number of amides is 1. The number of carbonyl (C=O) groups is 1. The Hall–Kier alpha value is -0.610. The number of nitrogens with one attached hydrogen (secondary N) is 1. The highest BCUT2D eigenvalue weighted by Gasteiger charge is 2.16. The molecule has 1 fully saturated rings. The molecule has 16 heavy (non-hydrogen) atoms. The van der Waals surface area contributed by atoms with Crippen LogP contribution in [-0.2, 0) is 4.79 Å². The summed E-state index contributed by atoms with van der Waals surface area (Å²) in [6.45, 7) is 3.26. The summed E-state index contributed by atoms with van der Waals surface area (Å²) in [5.74, 6) is 0.844. The van der Waals surface area contributed by atoms with Crippen LogP contribution < -0.4 is 5.32 Å². The van der Waals surface area contributed by atoms with Gasteiger partial charge < -0.3 is 15.3 Å². The summed E-state index contributed by atoms with van der Waals surface area (Å²) in [5, 5.41) is 11.5. The topological polar surface area (TPSA) is 52.6 Å². The molecule has 4 nitrogen and oxygen atoms in total. The molecule has 0 aromatic rings. The Morgan fingerprint density at radius 2 is 2.12 bits per heavy atom. The Kier molecular flexibility index (Phi) is 6.42. The van der Waals surface area contributed by atoms with Crippen LogP contribution in [0.4, 0.5) is 0 Å². The molecule has 1 aliphatic heterocycles. The Morgan fingerprint density at radius 3 is 2.75 bits per heavy atom. The minimum atomic E-state index is 0.0713. The molecule has 2 N–H and O–H groups in total. The van der Waals surface area contributed by atoms with Crippen LogP contribution in [0.15, 0.2) is 0 Å². The van der Waals surface area contributed by atoms with Crippen molar-refractivity contribution in [3.05, 3.63) is 0 Å². The maximum atomic E-state index is 11.3. The van der Waals surface area contributed by atoms with Crippen LogP contribution in [0.2, 0.25) is 0 Å². The zero-order valence-electron chi connectivity index (χ0n) is 10.2. The van der Waals surface area contributed by atoms with Crippen LogP contribution in [0.3, 0.4) is 0 Å². The maximum Gasteiger partial charge on any atom is 0.220 e. The number of aliphatic hydroxyl groups is 1. The normalized spacial score (nSPS) is 18.6. The van der Waals surface area contributed by atoms with Gasteiger partial charge in [-0.1, -0.05) is 0 Å². The van der Waals surface area contributed by atoms with Crippen LogP contribution in [0.1, 0.15) is 32.1 Å². The molecular formula is C12H24N2O2. The Labute approximate surface area is 98.0 Å². The SMILES string of the molecule is CN1CCC(CCNC(=O)CCCO)CC1. The molecule has 0 saturated carbocycles. The summed E-state index contributed by atoms with van der Waals surface area (Å²) in [5.41, 5.74) is 0. The number of carbonyl (C=O) groups excluding carboxylic acids is 1. The predicted octanol–water partition coefficient (Wildman–Crippen LogP) is 0.607. The lowest BCUT2D eigenvalue weighted by atomic mass is 9.94. The second-order valence-corrected chi connectivity index (χ2v) is 4.71. The molecule has 1 aliphatic rings. The fourth-order valence-electron chi connectivity index (χ4n) is 2.09.